The van der Waals surface area contributed by atoms with Crippen LogP contribution in [0.2, 0.25) is 5.02 Å². The number of rotatable bonds is 4. The average Bonchev–Trinajstić information content (AvgIpc) is 2.74. The molecule has 0 saturated heterocycles. The number of ether oxygens (including phenoxy) is 2. The van der Waals surface area contributed by atoms with Crippen LogP contribution >= 0.6 is 11.6 Å². The Bertz CT molecular complexity index is 1110. The number of methoxy groups -OCH3 is 2. The molecule has 0 aliphatic carbocycles. The van der Waals surface area contributed by atoms with Crippen LogP contribution in [0.3, 0.4) is 0 Å². The third kappa shape index (κ3) is 3.50. The molecular formula is C24H21ClFNO3. The number of carbonyl (C=O) groups is 1. The molecule has 0 unspecified atom stereocenters. The molecule has 0 N–H and O–H groups in total. The van der Waals surface area contributed by atoms with E-state index in [1.807, 2.05) is 24.3 Å². The van der Waals surface area contributed by atoms with E-state index in [2.05, 4.69) is 0 Å². The third-order valence-electron chi connectivity index (χ3n) is 5.43. The van der Waals surface area contributed by atoms with Crippen molar-refractivity contribution in [1.29, 1.82) is 0 Å². The Balaban J connectivity index is 1.95. The largest absolute Gasteiger partial charge is 0.493 e. The molecule has 0 bridgehead atoms. The van der Waals surface area contributed by atoms with E-state index >= 15 is 0 Å². The quantitative estimate of drug-likeness (QED) is 0.555. The summed E-state index contributed by atoms with van der Waals surface area (Å²) in [5.74, 6) is 0.652. The van der Waals surface area contributed by atoms with E-state index < -0.39 is 6.04 Å². The van der Waals surface area contributed by atoms with Crippen molar-refractivity contribution in [1.82, 2.24) is 0 Å². The number of benzene rings is 3. The third-order valence-corrected chi connectivity index (χ3v) is 5.68. The Kier molecular flexibility index (Phi) is 5.39. The first-order valence-corrected chi connectivity index (χ1v) is 9.89. The number of anilines is 1. The van der Waals surface area contributed by atoms with Gasteiger partial charge in [0.1, 0.15) is 5.82 Å². The summed E-state index contributed by atoms with van der Waals surface area (Å²) in [6.45, 7) is 1.69. The van der Waals surface area contributed by atoms with Gasteiger partial charge in [0, 0.05) is 10.7 Å². The molecule has 4 nitrogen and oxygen atoms in total. The molecule has 1 amide bonds. The summed E-state index contributed by atoms with van der Waals surface area (Å²) < 4.78 is 25.3. The number of fused-ring (bicyclic) bond motifs is 1. The normalized spacial score (nSPS) is 15.7. The second-order valence-electron chi connectivity index (χ2n) is 7.23. The van der Waals surface area contributed by atoms with Gasteiger partial charge in [0.25, 0.3) is 0 Å². The van der Waals surface area contributed by atoms with Crippen molar-refractivity contribution in [2.75, 3.05) is 19.1 Å². The molecule has 0 aromatic heterocycles. The van der Waals surface area contributed by atoms with Gasteiger partial charge in [-0.3, -0.25) is 4.79 Å². The predicted molar refractivity (Wildman–Crippen MR) is 115 cm³/mol. The lowest BCUT2D eigenvalue weighted by Gasteiger charge is -2.38. The van der Waals surface area contributed by atoms with Crippen molar-refractivity contribution in [2.45, 2.75) is 19.4 Å². The highest BCUT2D eigenvalue weighted by Crippen LogP contribution is 2.43. The van der Waals surface area contributed by atoms with Crippen molar-refractivity contribution < 1.29 is 18.7 Å². The van der Waals surface area contributed by atoms with Gasteiger partial charge < -0.3 is 14.4 Å². The summed E-state index contributed by atoms with van der Waals surface area (Å²) >= 11 is 6.09. The standard InChI is InChI=1S/C24H21ClFNO3/c1-14-4-9-18(12-20(14)26)27-23(28)11-16-10-21(29-2)22(30-3)13-19(16)24(27)15-5-7-17(25)8-6-15/h4-10,12-13,24H,11H2,1-3H3/t24-/m1/s1. The predicted octanol–water partition coefficient (Wildman–Crippen LogP) is 5.48. The van der Waals surface area contributed by atoms with Crippen molar-refractivity contribution in [2.24, 2.45) is 0 Å². The SMILES string of the molecule is COc1cc2c(cc1OC)[C@@H](c1ccc(Cl)cc1)N(c1ccc(C)c(F)c1)C(=O)C2. The zero-order chi connectivity index (χ0) is 21.4. The second kappa shape index (κ2) is 8.00. The zero-order valence-corrected chi connectivity index (χ0v) is 17.7. The molecule has 4 rings (SSSR count). The molecule has 0 radical (unpaired) electrons. The molecule has 1 aliphatic rings. The highest BCUT2D eigenvalue weighted by Gasteiger charge is 2.36. The van der Waals surface area contributed by atoms with Crippen LogP contribution in [0.25, 0.3) is 0 Å². The van der Waals surface area contributed by atoms with E-state index in [0.29, 0.717) is 27.8 Å². The van der Waals surface area contributed by atoms with Gasteiger partial charge in [-0.25, -0.2) is 4.39 Å². The maximum Gasteiger partial charge on any atom is 0.232 e. The fraction of sp³-hybridized carbons (Fsp3) is 0.208. The van der Waals surface area contributed by atoms with Crippen LogP contribution in [0, 0.1) is 12.7 Å². The molecule has 30 heavy (non-hydrogen) atoms. The van der Waals surface area contributed by atoms with Crippen molar-refractivity contribution in [3.8, 4) is 11.5 Å². The Labute approximate surface area is 179 Å². The van der Waals surface area contributed by atoms with Crippen LogP contribution in [0.1, 0.15) is 28.3 Å². The highest BCUT2D eigenvalue weighted by molar-refractivity contribution is 6.30. The van der Waals surface area contributed by atoms with Crippen LogP contribution in [-0.2, 0) is 11.2 Å². The maximum atomic E-state index is 14.4. The van der Waals surface area contributed by atoms with Gasteiger partial charge in [0.05, 0.1) is 26.7 Å². The minimum absolute atomic E-state index is 0.127. The molecule has 1 heterocycles. The van der Waals surface area contributed by atoms with Crippen molar-refractivity contribution >= 4 is 23.2 Å². The minimum atomic E-state index is -0.458. The van der Waals surface area contributed by atoms with Crippen LogP contribution in [0.4, 0.5) is 10.1 Å². The number of halogens is 2. The van der Waals surface area contributed by atoms with E-state index in [9.17, 15) is 9.18 Å². The zero-order valence-electron chi connectivity index (χ0n) is 16.9. The van der Waals surface area contributed by atoms with Gasteiger partial charge in [-0.1, -0.05) is 29.8 Å². The first kappa shape index (κ1) is 20.2. The summed E-state index contributed by atoms with van der Waals surface area (Å²) in [6.07, 6.45) is 0.176. The van der Waals surface area contributed by atoms with Gasteiger partial charge in [-0.2, -0.15) is 0 Å². The van der Waals surface area contributed by atoms with E-state index in [1.54, 1.807) is 50.3 Å². The molecule has 1 aliphatic heterocycles. The van der Waals surface area contributed by atoms with Crippen molar-refractivity contribution in [3.63, 3.8) is 0 Å². The summed E-state index contributed by atoms with van der Waals surface area (Å²) in [7, 11) is 3.13. The van der Waals surface area contributed by atoms with E-state index in [-0.39, 0.29) is 18.1 Å². The minimum Gasteiger partial charge on any atom is -0.493 e. The van der Waals surface area contributed by atoms with Gasteiger partial charge in [-0.05, 0) is 65.6 Å². The van der Waals surface area contributed by atoms with Crippen LogP contribution in [-0.4, -0.2) is 20.1 Å². The lowest BCUT2D eigenvalue weighted by atomic mass is 9.86. The summed E-state index contributed by atoms with van der Waals surface area (Å²) in [4.78, 5) is 14.9. The highest BCUT2D eigenvalue weighted by atomic mass is 35.5. The Morgan fingerprint density at radius 3 is 2.30 bits per heavy atom. The van der Waals surface area contributed by atoms with Gasteiger partial charge in [-0.15, -0.1) is 0 Å². The van der Waals surface area contributed by atoms with E-state index in [1.165, 1.54) is 6.07 Å². The number of hydrogen-bond donors (Lipinski definition) is 0. The number of hydrogen-bond acceptors (Lipinski definition) is 3. The average molecular weight is 426 g/mol. The number of aryl methyl sites for hydroxylation is 1. The first-order valence-electron chi connectivity index (χ1n) is 9.51. The van der Waals surface area contributed by atoms with E-state index in [0.717, 1.165) is 16.7 Å². The first-order chi connectivity index (χ1) is 14.4. The van der Waals surface area contributed by atoms with Crippen LogP contribution < -0.4 is 14.4 Å². The summed E-state index contributed by atoms with van der Waals surface area (Å²) in [5.41, 5.74) is 3.64. The Hall–Kier alpha value is -3.05. The summed E-state index contributed by atoms with van der Waals surface area (Å²) in [5, 5.41) is 0.598. The molecule has 0 saturated carbocycles. The van der Waals surface area contributed by atoms with Crippen LogP contribution in [0.5, 0.6) is 11.5 Å². The fourth-order valence-electron chi connectivity index (χ4n) is 3.87. The molecule has 0 spiro atoms. The number of carbonyl (C=O) groups excluding carboxylic acids is 1. The second-order valence-corrected chi connectivity index (χ2v) is 7.67. The molecule has 1 atom stereocenters. The van der Waals surface area contributed by atoms with E-state index in [4.69, 9.17) is 21.1 Å². The number of amides is 1. The molecule has 3 aromatic carbocycles. The van der Waals surface area contributed by atoms with Gasteiger partial charge in [0.15, 0.2) is 11.5 Å². The molecule has 6 heteroatoms. The lowest BCUT2D eigenvalue weighted by molar-refractivity contribution is -0.118. The Morgan fingerprint density at radius 2 is 1.67 bits per heavy atom. The molecule has 154 valence electrons. The van der Waals surface area contributed by atoms with Crippen LogP contribution in [0.15, 0.2) is 54.6 Å². The topological polar surface area (TPSA) is 38.8 Å². The monoisotopic (exact) mass is 425 g/mol. The smallest absolute Gasteiger partial charge is 0.232 e. The number of nitrogens with zero attached hydrogens (tertiary/aromatic N) is 1. The van der Waals surface area contributed by atoms with Gasteiger partial charge in [0.2, 0.25) is 5.91 Å². The fourth-order valence-corrected chi connectivity index (χ4v) is 4.00. The Morgan fingerprint density at radius 1 is 1.00 bits per heavy atom. The maximum absolute atomic E-state index is 14.4. The lowest BCUT2D eigenvalue weighted by Crippen LogP contribution is -2.41. The van der Waals surface area contributed by atoms with Gasteiger partial charge >= 0.3 is 0 Å². The van der Waals surface area contributed by atoms with Crippen molar-refractivity contribution in [3.05, 3.63) is 87.7 Å². The molecule has 0 fully saturated rings. The summed E-state index contributed by atoms with van der Waals surface area (Å²) in [6, 6.07) is 15.4. The molecular weight excluding hydrogens is 405 g/mol. The molecule has 3 aromatic rings.